The van der Waals surface area contributed by atoms with Gasteiger partial charge >= 0.3 is 5.97 Å². The maximum absolute atomic E-state index is 11.3. The van der Waals surface area contributed by atoms with Gasteiger partial charge in [-0.3, -0.25) is 4.79 Å². The van der Waals surface area contributed by atoms with Gasteiger partial charge in [0.15, 0.2) is 5.69 Å². The third kappa shape index (κ3) is 3.18. The molecule has 0 spiro atoms. The number of hydrogen-bond donors (Lipinski definition) is 3. The van der Waals surface area contributed by atoms with Crippen molar-refractivity contribution in [2.45, 2.75) is 18.2 Å². The predicted octanol–water partition coefficient (Wildman–Crippen LogP) is -0.653. The molecular formula is C13H16N5O5S+. The highest BCUT2D eigenvalue weighted by Crippen LogP contribution is 2.30. The first kappa shape index (κ1) is 17.7. The SMILES string of the molecule is CC[N+]1(c2ccc(S(N)(=O)=O)cc2)N=C(C(=O)O)N=C1CC(N)=O. The molecule has 1 aliphatic rings. The van der Waals surface area contributed by atoms with Gasteiger partial charge < -0.3 is 10.8 Å². The van der Waals surface area contributed by atoms with Crippen LogP contribution in [0.25, 0.3) is 0 Å². The molecular weight excluding hydrogens is 338 g/mol. The highest BCUT2D eigenvalue weighted by atomic mass is 32.2. The van der Waals surface area contributed by atoms with E-state index >= 15 is 0 Å². The van der Waals surface area contributed by atoms with Crippen LogP contribution >= 0.6 is 0 Å². The Hall–Kier alpha value is -2.63. The number of carbonyl (C=O) groups excluding carboxylic acids is 1. The van der Waals surface area contributed by atoms with E-state index in [2.05, 4.69) is 10.1 Å². The third-order valence-electron chi connectivity index (χ3n) is 3.50. The number of carboxylic acids is 1. The average molecular weight is 354 g/mol. The van der Waals surface area contributed by atoms with Crippen LogP contribution < -0.4 is 15.5 Å². The number of rotatable bonds is 6. The summed E-state index contributed by atoms with van der Waals surface area (Å²) in [5, 5.41) is 18.3. The summed E-state index contributed by atoms with van der Waals surface area (Å²) in [6, 6.07) is 5.43. The zero-order valence-electron chi connectivity index (χ0n) is 12.7. The first-order valence-electron chi connectivity index (χ1n) is 6.81. The van der Waals surface area contributed by atoms with Gasteiger partial charge in [-0.1, -0.05) is 0 Å². The highest BCUT2D eigenvalue weighted by molar-refractivity contribution is 7.89. The quantitative estimate of drug-likeness (QED) is 0.576. The number of carbonyl (C=O) groups is 2. The van der Waals surface area contributed by atoms with Crippen LogP contribution in [0, 0.1) is 0 Å². The van der Waals surface area contributed by atoms with Crippen LogP contribution in [0.2, 0.25) is 0 Å². The fraction of sp³-hybridized carbons (Fsp3) is 0.231. The van der Waals surface area contributed by atoms with E-state index in [4.69, 9.17) is 16.0 Å². The van der Waals surface area contributed by atoms with Gasteiger partial charge in [-0.05, 0) is 24.2 Å². The number of hydrogen-bond acceptors (Lipinski definition) is 6. The summed E-state index contributed by atoms with van der Waals surface area (Å²) in [5.41, 5.74) is 5.64. The lowest BCUT2D eigenvalue weighted by Crippen LogP contribution is -2.48. The molecule has 0 saturated heterocycles. The van der Waals surface area contributed by atoms with Crippen LogP contribution in [0.15, 0.2) is 39.3 Å². The second kappa shape index (κ2) is 6.11. The monoisotopic (exact) mass is 354 g/mol. The molecule has 1 aromatic rings. The second-order valence-corrected chi connectivity index (χ2v) is 6.59. The second-order valence-electron chi connectivity index (χ2n) is 5.02. The number of sulfonamides is 1. The maximum Gasteiger partial charge on any atom is 0.379 e. The van der Waals surface area contributed by atoms with Gasteiger partial charge in [0, 0.05) is 12.1 Å². The summed E-state index contributed by atoms with van der Waals surface area (Å²) in [4.78, 5) is 26.3. The lowest BCUT2D eigenvalue weighted by atomic mass is 10.2. The molecule has 11 heteroatoms. The van der Waals surface area contributed by atoms with Crippen molar-refractivity contribution < 1.29 is 23.1 Å². The largest absolute Gasteiger partial charge is 0.475 e. The smallest absolute Gasteiger partial charge is 0.379 e. The van der Waals surface area contributed by atoms with E-state index in [-0.39, 0.29) is 28.3 Å². The fourth-order valence-corrected chi connectivity index (χ4v) is 2.90. The highest BCUT2D eigenvalue weighted by Gasteiger charge is 2.44. The van der Waals surface area contributed by atoms with Gasteiger partial charge in [0.2, 0.25) is 21.8 Å². The number of primary amides is 1. The van der Waals surface area contributed by atoms with Crippen molar-refractivity contribution >= 4 is 39.3 Å². The predicted molar refractivity (Wildman–Crippen MR) is 86.5 cm³/mol. The molecule has 1 atom stereocenters. The topological polar surface area (TPSA) is 165 Å². The minimum atomic E-state index is -3.87. The van der Waals surface area contributed by atoms with Crippen LogP contribution in [0.1, 0.15) is 13.3 Å². The van der Waals surface area contributed by atoms with Gasteiger partial charge in [-0.15, -0.1) is 4.59 Å². The Morgan fingerprint density at radius 2 is 1.83 bits per heavy atom. The Labute approximate surface area is 137 Å². The van der Waals surface area contributed by atoms with Crippen LogP contribution in [0.4, 0.5) is 5.69 Å². The Bertz CT molecular complexity index is 859. The number of nitrogens with two attached hydrogens (primary N) is 2. The lowest BCUT2D eigenvalue weighted by molar-refractivity contribution is -0.129. The van der Waals surface area contributed by atoms with Gasteiger partial charge in [0.1, 0.15) is 13.0 Å². The Morgan fingerprint density at radius 3 is 2.25 bits per heavy atom. The zero-order chi connectivity index (χ0) is 18.1. The molecule has 0 aliphatic carbocycles. The number of aliphatic imine (C=N–C) groups is 1. The maximum atomic E-state index is 11.3. The standard InChI is InChI=1S/C13H15N5O5S/c1-2-18(8-3-5-9(6-4-8)24(15,22)23)11(7-10(14)19)16-12(17-18)13(20)21/h3-6H,2,7H2,1H3,(H4-,14,15,19,20,21,22,23)/p+1. The number of aliphatic carboxylic acids is 1. The minimum Gasteiger partial charge on any atom is -0.475 e. The van der Waals surface area contributed by atoms with E-state index < -0.39 is 27.7 Å². The number of carboxylic acid groups (broad SMARTS) is 1. The van der Waals surface area contributed by atoms with Crippen LogP contribution in [0.5, 0.6) is 0 Å². The Kier molecular flexibility index (Phi) is 4.51. The van der Waals surface area contributed by atoms with Gasteiger partial charge in [0.05, 0.1) is 4.90 Å². The zero-order valence-corrected chi connectivity index (χ0v) is 13.5. The van der Waals surface area contributed by atoms with Crippen molar-refractivity contribution in [2.75, 3.05) is 6.54 Å². The fourth-order valence-electron chi connectivity index (χ4n) is 2.39. The summed E-state index contributed by atoms with van der Waals surface area (Å²) < 4.78 is 22.3. The van der Waals surface area contributed by atoms with E-state index in [1.807, 2.05) is 0 Å². The first-order valence-corrected chi connectivity index (χ1v) is 8.36. The third-order valence-corrected chi connectivity index (χ3v) is 4.43. The molecule has 2 rings (SSSR count). The Morgan fingerprint density at radius 1 is 1.25 bits per heavy atom. The number of primary sulfonamides is 1. The van der Waals surface area contributed by atoms with E-state index in [1.165, 1.54) is 24.3 Å². The Balaban J connectivity index is 2.58. The summed E-state index contributed by atoms with van der Waals surface area (Å²) in [7, 11) is -3.87. The van der Waals surface area contributed by atoms with E-state index in [1.54, 1.807) is 6.92 Å². The average Bonchev–Trinajstić information content (AvgIpc) is 2.86. The molecule has 1 amide bonds. The van der Waals surface area contributed by atoms with E-state index in [9.17, 15) is 18.0 Å². The first-order chi connectivity index (χ1) is 11.1. The van der Waals surface area contributed by atoms with E-state index in [0.717, 1.165) is 0 Å². The van der Waals surface area contributed by atoms with Gasteiger partial charge in [0.25, 0.3) is 5.84 Å². The molecule has 1 heterocycles. The van der Waals surface area contributed by atoms with Crippen molar-refractivity contribution in [3.05, 3.63) is 24.3 Å². The summed E-state index contributed by atoms with van der Waals surface area (Å²) in [5.74, 6) is -2.34. The number of amidine groups is 2. The van der Waals surface area contributed by atoms with Crippen molar-refractivity contribution in [2.24, 2.45) is 21.0 Å². The normalized spacial score (nSPS) is 20.4. The number of amides is 1. The van der Waals surface area contributed by atoms with Crippen LogP contribution in [-0.2, 0) is 19.6 Å². The van der Waals surface area contributed by atoms with Gasteiger partial charge in [-0.25, -0.2) is 18.4 Å². The molecule has 24 heavy (non-hydrogen) atoms. The molecule has 1 aliphatic heterocycles. The van der Waals surface area contributed by atoms with Crippen LogP contribution in [-0.4, -0.2) is 43.6 Å². The molecule has 0 bridgehead atoms. The molecule has 0 fully saturated rings. The molecule has 1 unspecified atom stereocenters. The lowest BCUT2D eigenvalue weighted by Gasteiger charge is -2.27. The summed E-state index contributed by atoms with van der Waals surface area (Å²) in [6.07, 6.45) is -0.287. The molecule has 1 aromatic carbocycles. The molecule has 0 aromatic heterocycles. The van der Waals surface area contributed by atoms with Crippen molar-refractivity contribution in [1.82, 2.24) is 4.59 Å². The molecule has 0 saturated carbocycles. The minimum absolute atomic E-state index is 0.101. The summed E-state index contributed by atoms with van der Waals surface area (Å²) >= 11 is 0. The number of nitrogens with zero attached hydrogens (tertiary/aromatic N) is 3. The van der Waals surface area contributed by atoms with Crippen molar-refractivity contribution in [3.8, 4) is 0 Å². The number of benzene rings is 1. The molecule has 128 valence electrons. The summed E-state index contributed by atoms with van der Waals surface area (Å²) in [6.45, 7) is 1.97. The van der Waals surface area contributed by atoms with Gasteiger partial charge in [-0.2, -0.15) is 4.99 Å². The van der Waals surface area contributed by atoms with E-state index in [0.29, 0.717) is 5.69 Å². The molecule has 5 N–H and O–H groups in total. The molecule has 10 nitrogen and oxygen atoms in total. The molecule has 0 radical (unpaired) electrons. The number of quaternary nitrogens is 1. The van der Waals surface area contributed by atoms with Crippen LogP contribution in [0.3, 0.4) is 0 Å². The van der Waals surface area contributed by atoms with Crippen molar-refractivity contribution in [1.29, 1.82) is 0 Å². The van der Waals surface area contributed by atoms with Crippen molar-refractivity contribution in [3.63, 3.8) is 0 Å².